The van der Waals surface area contributed by atoms with Crippen LogP contribution in [0.2, 0.25) is 0 Å². The number of hydrogen-bond donors (Lipinski definition) is 4. The first kappa shape index (κ1) is 26.0. The third-order valence-corrected chi connectivity index (χ3v) is 6.72. The fraction of sp³-hybridized carbons (Fsp3) is 0.310. The molecule has 3 aromatic rings. The quantitative estimate of drug-likeness (QED) is 0.341. The van der Waals surface area contributed by atoms with Crippen LogP contribution in [0.25, 0.3) is 0 Å². The molecule has 4 N–H and O–H groups in total. The van der Waals surface area contributed by atoms with E-state index in [2.05, 4.69) is 39.0 Å². The molecule has 8 heteroatoms. The summed E-state index contributed by atoms with van der Waals surface area (Å²) in [6.45, 7) is 3.37. The Kier molecular flexibility index (Phi) is 8.30. The molecule has 0 aromatic heterocycles. The van der Waals surface area contributed by atoms with Gasteiger partial charge in [-0.15, -0.1) is 0 Å². The average Bonchev–Trinajstić information content (AvgIpc) is 3.29. The zero-order valence-corrected chi connectivity index (χ0v) is 21.5. The first-order valence-corrected chi connectivity index (χ1v) is 12.5. The van der Waals surface area contributed by atoms with Gasteiger partial charge in [0.05, 0.1) is 6.54 Å². The number of amides is 3. The van der Waals surface area contributed by atoms with E-state index < -0.39 is 6.04 Å². The number of urea groups is 1. The summed E-state index contributed by atoms with van der Waals surface area (Å²) in [4.78, 5) is 29.3. The number of phenolic OH excluding ortho intramolecular Hbond substituents is 1. The van der Waals surface area contributed by atoms with Crippen molar-refractivity contribution >= 4 is 23.3 Å². The summed E-state index contributed by atoms with van der Waals surface area (Å²) in [6.07, 6.45) is 0. The van der Waals surface area contributed by atoms with Crippen LogP contribution in [0.3, 0.4) is 0 Å². The summed E-state index contributed by atoms with van der Waals surface area (Å²) < 4.78 is 0. The maximum Gasteiger partial charge on any atom is 0.322 e. The highest BCUT2D eigenvalue weighted by Crippen LogP contribution is 2.28. The fourth-order valence-corrected chi connectivity index (χ4v) is 4.62. The van der Waals surface area contributed by atoms with Crippen LogP contribution in [0.5, 0.6) is 5.75 Å². The van der Waals surface area contributed by atoms with E-state index in [1.165, 1.54) is 0 Å². The fourth-order valence-electron chi connectivity index (χ4n) is 4.62. The third kappa shape index (κ3) is 6.40. The Labute approximate surface area is 218 Å². The lowest BCUT2D eigenvalue weighted by molar-refractivity contribution is -0.123. The number of anilines is 2. The average molecular weight is 502 g/mol. The van der Waals surface area contributed by atoms with Crippen LogP contribution in [-0.4, -0.2) is 56.3 Å². The van der Waals surface area contributed by atoms with Crippen molar-refractivity contribution in [2.24, 2.45) is 0 Å². The van der Waals surface area contributed by atoms with E-state index in [-0.39, 0.29) is 36.2 Å². The number of nitrogens with one attached hydrogen (secondary N) is 3. The number of nitrogens with zero attached hydrogens (tertiary/aromatic N) is 2. The largest absolute Gasteiger partial charge is 0.508 e. The first-order valence-electron chi connectivity index (χ1n) is 12.5. The molecule has 0 radical (unpaired) electrons. The second kappa shape index (κ2) is 11.8. The lowest BCUT2D eigenvalue weighted by atomic mass is 9.91. The molecule has 0 spiro atoms. The smallest absolute Gasteiger partial charge is 0.322 e. The van der Waals surface area contributed by atoms with E-state index >= 15 is 0 Å². The van der Waals surface area contributed by atoms with Crippen LogP contribution in [-0.2, 0) is 11.3 Å². The van der Waals surface area contributed by atoms with Gasteiger partial charge < -0.3 is 26.0 Å². The van der Waals surface area contributed by atoms with Gasteiger partial charge in [-0.1, -0.05) is 48.5 Å². The molecule has 194 valence electrons. The number of benzene rings is 3. The van der Waals surface area contributed by atoms with Gasteiger partial charge in [-0.05, 0) is 42.8 Å². The number of para-hydroxylation sites is 2. The molecule has 8 nitrogen and oxygen atoms in total. The molecule has 0 bridgehead atoms. The second-order valence-electron chi connectivity index (χ2n) is 9.61. The van der Waals surface area contributed by atoms with Crippen molar-refractivity contribution < 1.29 is 14.7 Å². The molecule has 0 unspecified atom stereocenters. The van der Waals surface area contributed by atoms with E-state index in [1.807, 2.05) is 69.6 Å². The summed E-state index contributed by atoms with van der Waals surface area (Å²) in [5.41, 5.74) is 3.78. The molecule has 0 aliphatic carbocycles. The predicted octanol–water partition coefficient (Wildman–Crippen LogP) is 3.43. The van der Waals surface area contributed by atoms with Crippen LogP contribution in [0, 0.1) is 0 Å². The van der Waals surface area contributed by atoms with E-state index in [1.54, 1.807) is 17.0 Å². The molecule has 1 fully saturated rings. The number of rotatable bonds is 10. The summed E-state index contributed by atoms with van der Waals surface area (Å²) >= 11 is 0. The van der Waals surface area contributed by atoms with Gasteiger partial charge in [-0.3, -0.25) is 9.69 Å². The Morgan fingerprint density at radius 3 is 2.54 bits per heavy atom. The van der Waals surface area contributed by atoms with Crippen molar-refractivity contribution in [2.45, 2.75) is 31.5 Å². The van der Waals surface area contributed by atoms with E-state index in [9.17, 15) is 14.7 Å². The SMILES string of the molecule is C[C@H](NC(=O)[C@@H]1CN(c2ccccc2)C(=O)N1)[C@@H](CNCc1cccc(N(C)C)c1)c1ccccc1O. The first-order chi connectivity index (χ1) is 17.8. The molecule has 1 heterocycles. The van der Waals surface area contributed by atoms with Gasteiger partial charge in [0.2, 0.25) is 5.91 Å². The standard InChI is InChI=1S/C29H35N5O3/c1-20(31-28(36)26-19-34(29(37)32-26)22-11-5-4-6-12-22)25(24-14-7-8-15-27(24)35)18-30-17-21-10-9-13-23(16-21)33(2)3/h4-16,20,25-26,30,35H,17-19H2,1-3H3,(H,31,36)(H,32,37)/t20-,25+,26-/m0/s1. The van der Waals surface area contributed by atoms with Gasteiger partial charge in [-0.25, -0.2) is 4.79 Å². The number of hydrogen-bond acceptors (Lipinski definition) is 5. The monoisotopic (exact) mass is 501 g/mol. The molecule has 1 saturated heterocycles. The summed E-state index contributed by atoms with van der Waals surface area (Å²) in [7, 11) is 4.02. The third-order valence-electron chi connectivity index (χ3n) is 6.72. The molecule has 0 saturated carbocycles. The van der Waals surface area contributed by atoms with E-state index in [0.29, 0.717) is 13.1 Å². The minimum Gasteiger partial charge on any atom is -0.508 e. The van der Waals surface area contributed by atoms with Crippen LogP contribution in [0.1, 0.15) is 24.0 Å². The maximum absolute atomic E-state index is 13.2. The van der Waals surface area contributed by atoms with Crippen LogP contribution in [0.4, 0.5) is 16.2 Å². The van der Waals surface area contributed by atoms with Gasteiger partial charge in [0.15, 0.2) is 0 Å². The van der Waals surface area contributed by atoms with Gasteiger partial charge in [0, 0.05) is 56.1 Å². The molecule has 1 aliphatic heterocycles. The van der Waals surface area contributed by atoms with Crippen molar-refractivity contribution in [3.63, 3.8) is 0 Å². The van der Waals surface area contributed by atoms with Crippen molar-refractivity contribution in [2.75, 3.05) is 37.0 Å². The van der Waals surface area contributed by atoms with Crippen molar-refractivity contribution in [1.82, 2.24) is 16.0 Å². The normalized spacial score (nSPS) is 16.7. The molecular weight excluding hydrogens is 466 g/mol. The van der Waals surface area contributed by atoms with Crippen LogP contribution in [0.15, 0.2) is 78.9 Å². The highest BCUT2D eigenvalue weighted by atomic mass is 16.3. The molecule has 1 aliphatic rings. The Bertz CT molecular complexity index is 1220. The highest BCUT2D eigenvalue weighted by Gasteiger charge is 2.35. The minimum atomic E-state index is -0.665. The number of phenols is 1. The lowest BCUT2D eigenvalue weighted by Gasteiger charge is -2.27. The van der Waals surface area contributed by atoms with Gasteiger partial charge in [0.1, 0.15) is 11.8 Å². The number of carbonyl (C=O) groups excluding carboxylic acids is 2. The van der Waals surface area contributed by atoms with E-state index in [4.69, 9.17) is 0 Å². The Balaban J connectivity index is 1.42. The molecule has 3 atom stereocenters. The Hall–Kier alpha value is -4.04. The zero-order valence-electron chi connectivity index (χ0n) is 21.5. The van der Waals surface area contributed by atoms with Crippen molar-refractivity contribution in [3.05, 3.63) is 90.0 Å². The molecule has 4 rings (SSSR count). The van der Waals surface area contributed by atoms with Gasteiger partial charge in [0.25, 0.3) is 0 Å². The number of carbonyl (C=O) groups is 2. The maximum atomic E-state index is 13.2. The molecule has 37 heavy (non-hydrogen) atoms. The Morgan fingerprint density at radius 1 is 1.08 bits per heavy atom. The predicted molar refractivity (Wildman–Crippen MR) is 147 cm³/mol. The highest BCUT2D eigenvalue weighted by molar-refractivity contribution is 6.00. The van der Waals surface area contributed by atoms with Gasteiger partial charge >= 0.3 is 6.03 Å². The van der Waals surface area contributed by atoms with E-state index in [0.717, 1.165) is 22.5 Å². The summed E-state index contributed by atoms with van der Waals surface area (Å²) in [5, 5.41) is 19.9. The molecule has 3 amide bonds. The topological polar surface area (TPSA) is 96.9 Å². The minimum absolute atomic E-state index is 0.189. The Morgan fingerprint density at radius 2 is 1.81 bits per heavy atom. The van der Waals surface area contributed by atoms with Gasteiger partial charge in [-0.2, -0.15) is 0 Å². The lowest BCUT2D eigenvalue weighted by Crippen LogP contribution is -2.49. The second-order valence-corrected chi connectivity index (χ2v) is 9.61. The molecule has 3 aromatic carbocycles. The van der Waals surface area contributed by atoms with Crippen molar-refractivity contribution in [3.8, 4) is 5.75 Å². The number of aromatic hydroxyl groups is 1. The molecular formula is C29H35N5O3. The van der Waals surface area contributed by atoms with Crippen molar-refractivity contribution in [1.29, 1.82) is 0 Å². The summed E-state index contributed by atoms with van der Waals surface area (Å²) in [5.74, 6) is -0.252. The zero-order chi connectivity index (χ0) is 26.4. The summed E-state index contributed by atoms with van der Waals surface area (Å²) in [6, 6.07) is 23.5. The van der Waals surface area contributed by atoms with Crippen LogP contribution < -0.4 is 25.8 Å². The van der Waals surface area contributed by atoms with Crippen LogP contribution >= 0.6 is 0 Å².